The van der Waals surface area contributed by atoms with Crippen molar-refractivity contribution >= 4 is 11.7 Å². The molecule has 1 aromatic carbocycles. The van der Waals surface area contributed by atoms with Crippen LogP contribution in [0.4, 0.5) is 5.69 Å². The van der Waals surface area contributed by atoms with Crippen molar-refractivity contribution in [2.24, 2.45) is 0 Å². The van der Waals surface area contributed by atoms with Crippen molar-refractivity contribution in [3.63, 3.8) is 0 Å². The Labute approximate surface area is 104 Å². The smallest absolute Gasteiger partial charge is 0.311 e. The predicted octanol–water partition coefficient (Wildman–Crippen LogP) is 2.54. The van der Waals surface area contributed by atoms with Gasteiger partial charge in [-0.05, 0) is 31.9 Å². The first kappa shape index (κ1) is 14.0. The van der Waals surface area contributed by atoms with Crippen molar-refractivity contribution in [1.82, 2.24) is 0 Å². The first-order valence-corrected chi connectivity index (χ1v) is 5.53. The molecule has 0 bridgehead atoms. The highest BCUT2D eigenvalue weighted by molar-refractivity contribution is 5.66. The molecular formula is C12H15NO5. The third-order valence-electron chi connectivity index (χ3n) is 2.40. The van der Waals surface area contributed by atoms with Crippen LogP contribution in [0.3, 0.4) is 0 Å². The minimum atomic E-state index is -0.913. The van der Waals surface area contributed by atoms with Gasteiger partial charge in [0.1, 0.15) is 0 Å². The van der Waals surface area contributed by atoms with Gasteiger partial charge in [0, 0.05) is 12.5 Å². The zero-order valence-corrected chi connectivity index (χ0v) is 10.3. The predicted molar refractivity (Wildman–Crippen MR) is 64.8 cm³/mol. The lowest BCUT2D eigenvalue weighted by Gasteiger charge is -2.13. The van der Waals surface area contributed by atoms with Crippen LogP contribution in [0.25, 0.3) is 0 Å². The molecule has 1 aromatic rings. The van der Waals surface area contributed by atoms with Gasteiger partial charge in [-0.15, -0.1) is 0 Å². The summed E-state index contributed by atoms with van der Waals surface area (Å²) in [5, 5.41) is 19.4. The summed E-state index contributed by atoms with van der Waals surface area (Å²) in [6.07, 6.45) is -0.108. The molecule has 1 atom stereocenters. The Morgan fingerprint density at radius 3 is 2.78 bits per heavy atom. The maximum atomic E-state index is 10.9. The number of rotatable bonds is 6. The van der Waals surface area contributed by atoms with Crippen LogP contribution in [0.5, 0.6) is 5.75 Å². The number of nitro benzene ring substituents is 1. The van der Waals surface area contributed by atoms with Crippen LogP contribution in [0.1, 0.15) is 25.3 Å². The molecule has 0 saturated carbocycles. The van der Waals surface area contributed by atoms with Gasteiger partial charge in [0.25, 0.3) is 0 Å². The number of benzene rings is 1. The number of nitrogens with zero attached hydrogens (tertiary/aromatic N) is 1. The SMILES string of the molecule is Cc1ccc(OC(C)CCC(=O)O)c([N+](=O)[O-])c1. The Balaban J connectivity index is 2.77. The minimum absolute atomic E-state index is 0.0270. The second kappa shape index (κ2) is 6.00. The highest BCUT2D eigenvalue weighted by atomic mass is 16.6. The summed E-state index contributed by atoms with van der Waals surface area (Å²) in [6, 6.07) is 4.68. The molecule has 1 unspecified atom stereocenters. The Kier molecular flexibility index (Phi) is 4.65. The molecule has 6 nitrogen and oxygen atoms in total. The molecule has 0 fully saturated rings. The van der Waals surface area contributed by atoms with Crippen molar-refractivity contribution in [3.8, 4) is 5.75 Å². The molecule has 1 rings (SSSR count). The van der Waals surface area contributed by atoms with E-state index in [9.17, 15) is 14.9 Å². The van der Waals surface area contributed by atoms with Crippen LogP contribution in [-0.4, -0.2) is 22.1 Å². The molecule has 1 N–H and O–H groups in total. The summed E-state index contributed by atoms with van der Waals surface area (Å²) in [6.45, 7) is 3.44. The molecule has 98 valence electrons. The molecule has 0 heterocycles. The first-order valence-electron chi connectivity index (χ1n) is 5.53. The van der Waals surface area contributed by atoms with Gasteiger partial charge in [-0.2, -0.15) is 0 Å². The number of carboxylic acids is 1. The molecule has 0 aliphatic carbocycles. The van der Waals surface area contributed by atoms with E-state index in [4.69, 9.17) is 9.84 Å². The molecular weight excluding hydrogens is 238 g/mol. The number of nitro groups is 1. The van der Waals surface area contributed by atoms with E-state index in [2.05, 4.69) is 0 Å². The highest BCUT2D eigenvalue weighted by Crippen LogP contribution is 2.29. The number of ether oxygens (including phenoxy) is 1. The molecule has 18 heavy (non-hydrogen) atoms. The number of aliphatic carboxylic acids is 1. The van der Waals surface area contributed by atoms with Gasteiger partial charge in [-0.3, -0.25) is 14.9 Å². The lowest BCUT2D eigenvalue weighted by Crippen LogP contribution is -2.14. The fourth-order valence-corrected chi connectivity index (χ4v) is 1.47. The maximum absolute atomic E-state index is 10.9. The maximum Gasteiger partial charge on any atom is 0.311 e. The van der Waals surface area contributed by atoms with Crippen molar-refractivity contribution in [1.29, 1.82) is 0 Å². The van der Waals surface area contributed by atoms with E-state index in [0.717, 1.165) is 5.56 Å². The van der Waals surface area contributed by atoms with Crippen molar-refractivity contribution in [2.75, 3.05) is 0 Å². The Morgan fingerprint density at radius 1 is 1.56 bits per heavy atom. The van der Waals surface area contributed by atoms with Crippen LogP contribution < -0.4 is 4.74 Å². The molecule has 0 amide bonds. The van der Waals surface area contributed by atoms with Crippen molar-refractivity contribution in [3.05, 3.63) is 33.9 Å². The van der Waals surface area contributed by atoms with Gasteiger partial charge in [-0.25, -0.2) is 0 Å². The lowest BCUT2D eigenvalue weighted by molar-refractivity contribution is -0.386. The molecule has 0 radical (unpaired) electrons. The van der Waals surface area contributed by atoms with Gasteiger partial charge >= 0.3 is 11.7 Å². The van der Waals surface area contributed by atoms with Gasteiger partial charge in [0.2, 0.25) is 0 Å². The topological polar surface area (TPSA) is 89.7 Å². The average Bonchev–Trinajstić information content (AvgIpc) is 2.28. The van der Waals surface area contributed by atoms with Crippen molar-refractivity contribution < 1.29 is 19.6 Å². The van der Waals surface area contributed by atoms with E-state index in [1.165, 1.54) is 12.1 Å². The number of carboxylic acid groups (broad SMARTS) is 1. The normalized spacial score (nSPS) is 11.9. The molecule has 0 aliphatic heterocycles. The molecule has 0 aliphatic rings. The summed E-state index contributed by atoms with van der Waals surface area (Å²) < 4.78 is 5.41. The van der Waals surface area contributed by atoms with Gasteiger partial charge in [0.05, 0.1) is 11.0 Å². The highest BCUT2D eigenvalue weighted by Gasteiger charge is 2.17. The molecule has 0 spiro atoms. The fraction of sp³-hybridized carbons (Fsp3) is 0.417. The second-order valence-corrected chi connectivity index (χ2v) is 4.09. The van der Waals surface area contributed by atoms with Gasteiger partial charge in [-0.1, -0.05) is 6.07 Å². The van der Waals surface area contributed by atoms with Gasteiger partial charge < -0.3 is 9.84 Å². The Morgan fingerprint density at radius 2 is 2.22 bits per heavy atom. The molecule has 0 saturated heterocycles. The standard InChI is InChI=1S/C12H15NO5/c1-8-3-5-11(10(7-8)13(16)17)18-9(2)4-6-12(14)15/h3,5,7,9H,4,6H2,1-2H3,(H,14,15). The third kappa shape index (κ3) is 4.04. The lowest BCUT2D eigenvalue weighted by atomic mass is 10.2. The zero-order chi connectivity index (χ0) is 13.7. The third-order valence-corrected chi connectivity index (χ3v) is 2.40. The van der Waals surface area contributed by atoms with Gasteiger partial charge in [0.15, 0.2) is 5.75 Å². The zero-order valence-electron chi connectivity index (χ0n) is 10.3. The second-order valence-electron chi connectivity index (χ2n) is 4.09. The quantitative estimate of drug-likeness (QED) is 0.621. The summed E-state index contributed by atoms with van der Waals surface area (Å²) in [5.41, 5.74) is 0.671. The van der Waals surface area contributed by atoms with E-state index >= 15 is 0 Å². The number of hydrogen-bond acceptors (Lipinski definition) is 4. The number of carbonyl (C=O) groups is 1. The average molecular weight is 253 g/mol. The monoisotopic (exact) mass is 253 g/mol. The van der Waals surface area contributed by atoms with E-state index < -0.39 is 10.9 Å². The van der Waals surface area contributed by atoms with Crippen LogP contribution in [0.2, 0.25) is 0 Å². The summed E-state index contributed by atoms with van der Waals surface area (Å²) >= 11 is 0. The van der Waals surface area contributed by atoms with Crippen LogP contribution in [-0.2, 0) is 4.79 Å². The van der Waals surface area contributed by atoms with Crippen LogP contribution in [0.15, 0.2) is 18.2 Å². The summed E-state index contributed by atoms with van der Waals surface area (Å²) in [5.74, 6) is -0.743. The van der Waals surface area contributed by atoms with Crippen LogP contribution >= 0.6 is 0 Å². The molecule has 6 heteroatoms. The number of aryl methyl sites for hydroxylation is 1. The summed E-state index contributed by atoms with van der Waals surface area (Å²) in [4.78, 5) is 20.8. The fourth-order valence-electron chi connectivity index (χ4n) is 1.47. The largest absolute Gasteiger partial charge is 0.484 e. The van der Waals surface area contributed by atoms with E-state index in [0.29, 0.717) is 6.42 Å². The Bertz CT molecular complexity index is 458. The molecule has 0 aromatic heterocycles. The number of hydrogen-bond donors (Lipinski definition) is 1. The summed E-state index contributed by atoms with van der Waals surface area (Å²) in [7, 11) is 0. The minimum Gasteiger partial charge on any atom is -0.484 e. The van der Waals surface area contributed by atoms with Crippen molar-refractivity contribution in [2.45, 2.75) is 32.8 Å². The first-order chi connectivity index (χ1) is 8.40. The Hall–Kier alpha value is -2.11. The van der Waals surface area contributed by atoms with E-state index in [-0.39, 0.29) is 24.0 Å². The van der Waals surface area contributed by atoms with Crippen LogP contribution in [0, 0.1) is 17.0 Å². The van der Waals surface area contributed by atoms with E-state index in [1.54, 1.807) is 19.9 Å². The van der Waals surface area contributed by atoms with E-state index in [1.807, 2.05) is 0 Å².